The largest absolute Gasteiger partial charge is 0.495 e. The molecule has 212 valence electrons. The molecule has 5 heterocycles. The molecule has 3 aliphatic rings. The smallest absolute Gasteiger partial charge is 0.276 e. The first-order chi connectivity index (χ1) is 19.6. The Morgan fingerprint density at radius 3 is 2.49 bits per heavy atom. The van der Waals surface area contributed by atoms with Gasteiger partial charge >= 0.3 is 0 Å². The Balaban J connectivity index is 1.23. The molecule has 0 radical (unpaired) electrons. The molecule has 0 spiro atoms. The number of hydrogen-bond donors (Lipinski definition) is 1. The van der Waals surface area contributed by atoms with Crippen molar-refractivity contribution >= 4 is 17.5 Å². The summed E-state index contributed by atoms with van der Waals surface area (Å²) < 4.78 is 13.0. The lowest BCUT2D eigenvalue weighted by molar-refractivity contribution is 0.0590. The van der Waals surface area contributed by atoms with E-state index in [0.29, 0.717) is 42.0 Å². The number of nitrogens with zero attached hydrogens (tertiary/aromatic N) is 6. The van der Waals surface area contributed by atoms with Crippen molar-refractivity contribution in [3.05, 3.63) is 58.7 Å². The van der Waals surface area contributed by atoms with E-state index < -0.39 is 5.91 Å². The highest BCUT2D eigenvalue weighted by molar-refractivity contribution is 6.07. The first kappa shape index (κ1) is 26.9. The van der Waals surface area contributed by atoms with E-state index in [0.717, 1.165) is 18.4 Å². The molecule has 1 N–H and O–H groups in total. The number of pyridine rings is 1. The van der Waals surface area contributed by atoms with Gasteiger partial charge in [0, 0.05) is 24.9 Å². The maximum atomic E-state index is 13.4. The van der Waals surface area contributed by atoms with E-state index in [1.165, 1.54) is 11.8 Å². The molecule has 3 aliphatic heterocycles. The van der Waals surface area contributed by atoms with Crippen LogP contribution in [0.3, 0.4) is 0 Å². The van der Waals surface area contributed by atoms with E-state index in [-0.39, 0.29) is 46.1 Å². The number of fused-ring (bicyclic) bond motifs is 5. The molecule has 0 aliphatic carbocycles. The summed E-state index contributed by atoms with van der Waals surface area (Å²) >= 11 is 0. The van der Waals surface area contributed by atoms with Gasteiger partial charge in [0.15, 0.2) is 5.69 Å². The van der Waals surface area contributed by atoms with Crippen molar-refractivity contribution in [1.29, 1.82) is 5.26 Å². The lowest BCUT2D eigenvalue weighted by Crippen LogP contribution is -2.31. The molecular weight excluding hydrogens is 522 g/mol. The normalized spacial score (nSPS) is 22.9. The summed E-state index contributed by atoms with van der Waals surface area (Å²) in [4.78, 5) is 33.0. The van der Waals surface area contributed by atoms with Crippen molar-refractivity contribution in [2.45, 2.75) is 58.2 Å². The van der Waals surface area contributed by atoms with E-state index in [9.17, 15) is 14.9 Å². The Hall–Kier alpha value is -4.30. The summed E-state index contributed by atoms with van der Waals surface area (Å²) in [6.45, 7) is 9.23. The number of carbonyl (C=O) groups is 2. The van der Waals surface area contributed by atoms with E-state index in [1.807, 2.05) is 32.6 Å². The fraction of sp³-hybridized carbons (Fsp3) is 0.467. The second-order valence-electron chi connectivity index (χ2n) is 12.1. The van der Waals surface area contributed by atoms with Gasteiger partial charge in [-0.2, -0.15) is 5.26 Å². The van der Waals surface area contributed by atoms with Crippen LogP contribution in [-0.4, -0.2) is 69.1 Å². The minimum absolute atomic E-state index is 0.140. The number of aryl methyl sites for hydroxylation is 1. The number of methoxy groups -OCH3 is 1. The lowest BCUT2D eigenvalue weighted by atomic mass is 9.82. The molecule has 3 saturated heterocycles. The van der Waals surface area contributed by atoms with Crippen LogP contribution in [-0.2, 0) is 10.2 Å². The highest BCUT2D eigenvalue weighted by Crippen LogP contribution is 2.47. The van der Waals surface area contributed by atoms with Crippen molar-refractivity contribution < 1.29 is 19.1 Å². The van der Waals surface area contributed by atoms with Crippen LogP contribution < -0.4 is 10.1 Å². The number of anilines is 1. The minimum atomic E-state index is -0.437. The molecule has 2 bridgehead atoms. The zero-order valence-electron chi connectivity index (χ0n) is 23.8. The number of rotatable bonds is 5. The summed E-state index contributed by atoms with van der Waals surface area (Å²) in [6, 6.07) is 7.35. The standard InChI is InChI=1S/C30H33N7O4/c1-16-24(37-15-23(34-35-37)29(39)36-13-21-22(14-36)26-7-6-25(21)41-26)10-19(12-32-16)33-28(38)20-9-18(30(2,3)4)8-17(11-31)27(20)40-5/h8-10,12,15,21-22,25-26H,6-7,13-14H2,1-5H3,(H,33,38). The molecular formula is C30H33N7O4. The van der Waals surface area contributed by atoms with Crippen LogP contribution >= 0.6 is 0 Å². The first-order valence-electron chi connectivity index (χ1n) is 13.9. The van der Waals surface area contributed by atoms with Gasteiger partial charge in [-0.05, 0) is 48.9 Å². The third-order valence-electron chi connectivity index (χ3n) is 8.54. The average molecular weight is 556 g/mol. The lowest BCUT2D eigenvalue weighted by Gasteiger charge is -2.22. The predicted octanol–water partition coefficient (Wildman–Crippen LogP) is 3.65. The number of benzene rings is 1. The summed E-state index contributed by atoms with van der Waals surface area (Å²) in [5.41, 5.74) is 3.00. The molecule has 3 aromatic rings. The summed E-state index contributed by atoms with van der Waals surface area (Å²) in [7, 11) is 1.44. The highest BCUT2D eigenvalue weighted by atomic mass is 16.5. The molecule has 2 amide bonds. The number of amides is 2. The number of nitriles is 1. The van der Waals surface area contributed by atoms with Gasteiger partial charge in [-0.15, -0.1) is 5.10 Å². The number of likely N-dealkylation sites (tertiary alicyclic amines) is 1. The molecule has 4 unspecified atom stereocenters. The fourth-order valence-electron chi connectivity index (χ4n) is 6.32. The number of ether oxygens (including phenoxy) is 2. The van der Waals surface area contributed by atoms with Gasteiger partial charge in [0.2, 0.25) is 0 Å². The summed E-state index contributed by atoms with van der Waals surface area (Å²) in [5.74, 6) is 0.452. The zero-order valence-corrected chi connectivity index (χ0v) is 23.8. The van der Waals surface area contributed by atoms with Crippen LogP contribution in [0.25, 0.3) is 5.69 Å². The van der Waals surface area contributed by atoms with Crippen molar-refractivity contribution in [2.75, 3.05) is 25.5 Å². The van der Waals surface area contributed by atoms with Gasteiger partial charge in [-0.3, -0.25) is 14.6 Å². The van der Waals surface area contributed by atoms with Gasteiger partial charge in [0.05, 0.1) is 59.9 Å². The first-order valence-corrected chi connectivity index (χ1v) is 13.9. The third kappa shape index (κ3) is 4.72. The topological polar surface area (TPSA) is 135 Å². The average Bonchev–Trinajstić information content (AvgIpc) is 3.75. The van der Waals surface area contributed by atoms with E-state index in [1.54, 1.807) is 30.6 Å². The van der Waals surface area contributed by atoms with Gasteiger partial charge in [0.1, 0.15) is 11.8 Å². The van der Waals surface area contributed by atoms with Crippen LogP contribution in [0.1, 0.15) is 71.3 Å². The van der Waals surface area contributed by atoms with Gasteiger partial charge < -0.3 is 19.7 Å². The number of hydrogen-bond acceptors (Lipinski definition) is 8. The van der Waals surface area contributed by atoms with Crippen molar-refractivity contribution in [3.8, 4) is 17.5 Å². The zero-order chi connectivity index (χ0) is 29.1. The number of nitrogens with one attached hydrogen (secondary N) is 1. The molecule has 11 heteroatoms. The highest BCUT2D eigenvalue weighted by Gasteiger charge is 2.54. The minimum Gasteiger partial charge on any atom is -0.495 e. The molecule has 4 atom stereocenters. The Bertz CT molecular complexity index is 1570. The van der Waals surface area contributed by atoms with E-state index in [4.69, 9.17) is 9.47 Å². The quantitative estimate of drug-likeness (QED) is 0.504. The summed E-state index contributed by atoms with van der Waals surface area (Å²) in [5, 5.41) is 20.9. The fourth-order valence-corrected chi connectivity index (χ4v) is 6.32. The van der Waals surface area contributed by atoms with E-state index in [2.05, 4.69) is 26.7 Å². The SMILES string of the molecule is COc1c(C#N)cc(C(C)(C)C)cc1C(=O)Nc1cnc(C)c(-n2cc(C(=O)N3CC4C5CCC(O5)C4C3)nn2)c1. The van der Waals surface area contributed by atoms with Crippen LogP contribution in [0.2, 0.25) is 0 Å². The van der Waals surface area contributed by atoms with E-state index >= 15 is 0 Å². The molecule has 3 fully saturated rings. The van der Waals surface area contributed by atoms with Gasteiger partial charge in [0.25, 0.3) is 11.8 Å². The van der Waals surface area contributed by atoms with Gasteiger partial charge in [-0.1, -0.05) is 26.0 Å². The van der Waals surface area contributed by atoms with Gasteiger partial charge in [-0.25, -0.2) is 4.68 Å². The van der Waals surface area contributed by atoms with Crippen LogP contribution in [0.15, 0.2) is 30.6 Å². The molecule has 0 saturated carbocycles. The van der Waals surface area contributed by atoms with Crippen LogP contribution in [0.5, 0.6) is 5.75 Å². The summed E-state index contributed by atoms with van der Waals surface area (Å²) in [6.07, 6.45) is 5.85. The van der Waals surface area contributed by atoms with Crippen LogP contribution in [0, 0.1) is 30.1 Å². The maximum Gasteiger partial charge on any atom is 0.276 e. The van der Waals surface area contributed by atoms with Crippen molar-refractivity contribution in [2.24, 2.45) is 11.8 Å². The molecule has 41 heavy (non-hydrogen) atoms. The second kappa shape index (κ2) is 9.96. The number of carbonyl (C=O) groups excluding carboxylic acids is 2. The molecule has 2 aromatic heterocycles. The second-order valence-corrected chi connectivity index (χ2v) is 12.1. The van der Waals surface area contributed by atoms with Crippen LogP contribution in [0.4, 0.5) is 5.69 Å². The Morgan fingerprint density at radius 1 is 1.15 bits per heavy atom. The van der Waals surface area contributed by atoms with Crippen molar-refractivity contribution in [1.82, 2.24) is 24.9 Å². The third-order valence-corrected chi connectivity index (χ3v) is 8.54. The Morgan fingerprint density at radius 2 is 1.85 bits per heavy atom. The maximum absolute atomic E-state index is 13.4. The molecule has 6 rings (SSSR count). The monoisotopic (exact) mass is 555 g/mol. The molecule has 1 aromatic carbocycles. The Labute approximate surface area is 238 Å². The van der Waals surface area contributed by atoms with Crippen molar-refractivity contribution in [3.63, 3.8) is 0 Å². The predicted molar refractivity (Wildman–Crippen MR) is 149 cm³/mol. The molecule has 11 nitrogen and oxygen atoms in total. The Kier molecular flexibility index (Phi) is 6.53. The number of aromatic nitrogens is 4.